The maximum Gasteiger partial charge on any atom is 0.251 e. The van der Waals surface area contributed by atoms with Gasteiger partial charge in [-0.25, -0.2) is 0 Å². The third-order valence-electron chi connectivity index (χ3n) is 5.20. The van der Waals surface area contributed by atoms with E-state index in [9.17, 15) is 4.79 Å². The first kappa shape index (κ1) is 17.9. The minimum atomic E-state index is -0.236. The van der Waals surface area contributed by atoms with Crippen LogP contribution in [0.4, 0.5) is 0 Å². The van der Waals surface area contributed by atoms with E-state index in [0.29, 0.717) is 26.2 Å². The highest BCUT2D eigenvalue weighted by Crippen LogP contribution is 2.32. The number of aliphatic imine (C=N–C) groups is 1. The van der Waals surface area contributed by atoms with Gasteiger partial charge in [-0.1, -0.05) is 6.07 Å². The molecule has 0 saturated carbocycles. The molecule has 8 heteroatoms. The van der Waals surface area contributed by atoms with Gasteiger partial charge in [0.1, 0.15) is 6.10 Å². The van der Waals surface area contributed by atoms with Crippen molar-refractivity contribution in [1.29, 1.82) is 0 Å². The maximum atomic E-state index is 12.5. The van der Waals surface area contributed by atoms with E-state index >= 15 is 0 Å². The zero-order valence-electron chi connectivity index (χ0n) is 15.6. The summed E-state index contributed by atoms with van der Waals surface area (Å²) in [6.45, 7) is 4.55. The van der Waals surface area contributed by atoms with E-state index < -0.39 is 0 Å². The Balaban J connectivity index is 1.28. The summed E-state index contributed by atoms with van der Waals surface area (Å²) in [5, 5.41) is 3.40. The van der Waals surface area contributed by atoms with Gasteiger partial charge >= 0.3 is 0 Å². The summed E-state index contributed by atoms with van der Waals surface area (Å²) in [5.74, 6) is 2.55. The molecular formula is C19H26N4O4. The topological polar surface area (TPSA) is 75.6 Å². The molecule has 0 bridgehead atoms. The second-order valence-electron chi connectivity index (χ2n) is 6.90. The molecule has 1 amide bonds. The van der Waals surface area contributed by atoms with Gasteiger partial charge in [0.25, 0.3) is 5.91 Å². The number of piperazine rings is 1. The largest absolute Gasteiger partial charge is 0.454 e. The van der Waals surface area contributed by atoms with Gasteiger partial charge in [-0.2, -0.15) is 0 Å². The van der Waals surface area contributed by atoms with Crippen LogP contribution in [0.3, 0.4) is 0 Å². The Morgan fingerprint density at radius 1 is 1.19 bits per heavy atom. The molecule has 3 heterocycles. The first-order chi connectivity index (χ1) is 13.2. The number of benzene rings is 1. The Kier molecular flexibility index (Phi) is 5.33. The molecule has 0 aromatic heterocycles. The molecule has 146 valence electrons. The minimum Gasteiger partial charge on any atom is -0.454 e. The van der Waals surface area contributed by atoms with Crippen molar-refractivity contribution in [1.82, 2.24) is 15.1 Å². The number of carbonyl (C=O) groups excluding carboxylic acids is 1. The Morgan fingerprint density at radius 3 is 2.70 bits per heavy atom. The highest BCUT2D eigenvalue weighted by Gasteiger charge is 2.30. The SMILES string of the molecule is CN=C(NCc1ccc2c(c1)OCO2)N1CCN(C(=O)C2CCCO2)CC1. The van der Waals surface area contributed by atoms with Gasteiger partial charge in [-0.3, -0.25) is 9.79 Å². The van der Waals surface area contributed by atoms with Crippen LogP contribution in [0.1, 0.15) is 18.4 Å². The lowest BCUT2D eigenvalue weighted by Crippen LogP contribution is -2.55. The van der Waals surface area contributed by atoms with Gasteiger partial charge < -0.3 is 29.3 Å². The zero-order chi connectivity index (χ0) is 18.6. The third kappa shape index (κ3) is 3.95. The van der Waals surface area contributed by atoms with Crippen LogP contribution in [0, 0.1) is 0 Å². The molecule has 1 aromatic carbocycles. The number of nitrogens with zero attached hydrogens (tertiary/aromatic N) is 3. The molecule has 0 radical (unpaired) electrons. The number of hydrogen-bond acceptors (Lipinski definition) is 5. The molecule has 2 saturated heterocycles. The van der Waals surface area contributed by atoms with Crippen molar-refractivity contribution in [2.75, 3.05) is 46.6 Å². The summed E-state index contributed by atoms with van der Waals surface area (Å²) in [5.41, 5.74) is 1.10. The first-order valence-corrected chi connectivity index (χ1v) is 9.49. The van der Waals surface area contributed by atoms with Crippen molar-refractivity contribution in [3.05, 3.63) is 23.8 Å². The van der Waals surface area contributed by atoms with Gasteiger partial charge in [0.2, 0.25) is 6.79 Å². The monoisotopic (exact) mass is 374 g/mol. The lowest BCUT2D eigenvalue weighted by atomic mass is 10.2. The van der Waals surface area contributed by atoms with Crippen molar-refractivity contribution < 1.29 is 19.0 Å². The molecule has 3 aliphatic heterocycles. The predicted molar refractivity (Wildman–Crippen MR) is 99.9 cm³/mol. The third-order valence-corrected chi connectivity index (χ3v) is 5.20. The standard InChI is InChI=1S/C19H26N4O4/c1-20-19(21-12-14-4-5-15-17(11-14)27-13-26-15)23-8-6-22(7-9-23)18(24)16-3-2-10-25-16/h4-5,11,16H,2-3,6-10,12-13H2,1H3,(H,20,21). The summed E-state index contributed by atoms with van der Waals surface area (Å²) >= 11 is 0. The number of fused-ring (bicyclic) bond motifs is 1. The van der Waals surface area contributed by atoms with Crippen LogP contribution in [0.15, 0.2) is 23.2 Å². The summed E-state index contributed by atoms with van der Waals surface area (Å²) in [6, 6.07) is 5.93. The number of carbonyl (C=O) groups is 1. The van der Waals surface area contributed by atoms with Crippen molar-refractivity contribution >= 4 is 11.9 Å². The van der Waals surface area contributed by atoms with E-state index in [-0.39, 0.29) is 18.8 Å². The fourth-order valence-electron chi connectivity index (χ4n) is 3.68. The van der Waals surface area contributed by atoms with Crippen LogP contribution in [0.25, 0.3) is 0 Å². The highest BCUT2D eigenvalue weighted by molar-refractivity contribution is 5.82. The van der Waals surface area contributed by atoms with Gasteiger partial charge in [-0.05, 0) is 30.5 Å². The number of nitrogens with one attached hydrogen (secondary N) is 1. The normalized spacial score (nSPS) is 22.3. The van der Waals surface area contributed by atoms with Crippen molar-refractivity contribution in [3.8, 4) is 11.5 Å². The van der Waals surface area contributed by atoms with E-state index in [1.165, 1.54) is 0 Å². The van der Waals surface area contributed by atoms with Crippen LogP contribution in [0.2, 0.25) is 0 Å². The lowest BCUT2D eigenvalue weighted by molar-refractivity contribution is -0.142. The fraction of sp³-hybridized carbons (Fsp3) is 0.579. The van der Waals surface area contributed by atoms with E-state index in [2.05, 4.69) is 15.2 Å². The average Bonchev–Trinajstić information content (AvgIpc) is 3.40. The van der Waals surface area contributed by atoms with Gasteiger partial charge in [0, 0.05) is 46.4 Å². The second-order valence-corrected chi connectivity index (χ2v) is 6.90. The highest BCUT2D eigenvalue weighted by atomic mass is 16.7. The van der Waals surface area contributed by atoms with Gasteiger partial charge in [0.05, 0.1) is 0 Å². The van der Waals surface area contributed by atoms with Gasteiger partial charge in [-0.15, -0.1) is 0 Å². The summed E-state index contributed by atoms with van der Waals surface area (Å²) in [7, 11) is 1.78. The minimum absolute atomic E-state index is 0.135. The molecule has 0 spiro atoms. The number of rotatable bonds is 3. The lowest BCUT2D eigenvalue weighted by Gasteiger charge is -2.37. The molecule has 3 aliphatic rings. The van der Waals surface area contributed by atoms with Crippen LogP contribution in [-0.2, 0) is 16.1 Å². The molecule has 8 nitrogen and oxygen atoms in total. The Morgan fingerprint density at radius 2 is 1.96 bits per heavy atom. The summed E-state index contributed by atoms with van der Waals surface area (Å²) in [4.78, 5) is 21.0. The van der Waals surface area contributed by atoms with Crippen molar-refractivity contribution in [3.63, 3.8) is 0 Å². The number of guanidine groups is 1. The van der Waals surface area contributed by atoms with E-state index in [0.717, 1.165) is 49.0 Å². The predicted octanol–water partition coefficient (Wildman–Crippen LogP) is 0.814. The van der Waals surface area contributed by atoms with E-state index in [1.807, 2.05) is 23.1 Å². The quantitative estimate of drug-likeness (QED) is 0.624. The molecular weight excluding hydrogens is 348 g/mol. The molecule has 2 fully saturated rings. The van der Waals surface area contributed by atoms with Crippen molar-refractivity contribution in [2.24, 2.45) is 4.99 Å². The number of hydrogen-bond donors (Lipinski definition) is 1. The number of amides is 1. The summed E-state index contributed by atoms with van der Waals surface area (Å²) in [6.07, 6.45) is 1.59. The number of ether oxygens (including phenoxy) is 3. The smallest absolute Gasteiger partial charge is 0.251 e. The fourth-order valence-corrected chi connectivity index (χ4v) is 3.68. The van der Waals surface area contributed by atoms with E-state index in [1.54, 1.807) is 7.05 Å². The van der Waals surface area contributed by atoms with E-state index in [4.69, 9.17) is 14.2 Å². The zero-order valence-corrected chi connectivity index (χ0v) is 15.6. The molecule has 1 atom stereocenters. The van der Waals surface area contributed by atoms with Gasteiger partial charge in [0.15, 0.2) is 17.5 Å². The van der Waals surface area contributed by atoms with Crippen LogP contribution in [0.5, 0.6) is 11.5 Å². The second kappa shape index (κ2) is 8.04. The Labute approximate surface area is 159 Å². The molecule has 1 aromatic rings. The molecule has 27 heavy (non-hydrogen) atoms. The Hall–Kier alpha value is -2.48. The van der Waals surface area contributed by atoms with Crippen LogP contribution < -0.4 is 14.8 Å². The maximum absolute atomic E-state index is 12.5. The Bertz CT molecular complexity index is 710. The average molecular weight is 374 g/mol. The first-order valence-electron chi connectivity index (χ1n) is 9.49. The summed E-state index contributed by atoms with van der Waals surface area (Å²) < 4.78 is 16.3. The molecule has 1 unspecified atom stereocenters. The molecule has 4 rings (SSSR count). The molecule has 0 aliphatic carbocycles. The van der Waals surface area contributed by atoms with Crippen molar-refractivity contribution in [2.45, 2.75) is 25.5 Å². The molecule has 1 N–H and O–H groups in total. The van der Waals surface area contributed by atoms with Crippen LogP contribution in [-0.4, -0.2) is 74.4 Å². The van der Waals surface area contributed by atoms with Crippen LogP contribution >= 0.6 is 0 Å².